The number of hydrogen-bond acceptors (Lipinski definition) is 1. The van der Waals surface area contributed by atoms with Crippen LogP contribution in [0.2, 0.25) is 5.02 Å². The molecule has 2 atom stereocenters. The lowest BCUT2D eigenvalue weighted by Crippen LogP contribution is -2.39. The first-order valence-corrected chi connectivity index (χ1v) is 7.21. The molecular weight excluding hydrogens is 270 g/mol. The molecule has 3 heteroatoms. The summed E-state index contributed by atoms with van der Waals surface area (Å²) >= 11 is 5.94. The van der Waals surface area contributed by atoms with Crippen LogP contribution < -0.4 is 5.32 Å². The molecule has 1 aliphatic rings. The van der Waals surface area contributed by atoms with Crippen molar-refractivity contribution in [2.75, 3.05) is 6.54 Å². The minimum atomic E-state index is -0.136. The van der Waals surface area contributed by atoms with Crippen LogP contribution in [0.25, 0.3) is 0 Å². The van der Waals surface area contributed by atoms with Gasteiger partial charge in [-0.2, -0.15) is 0 Å². The van der Waals surface area contributed by atoms with E-state index in [0.717, 1.165) is 18.5 Å². The van der Waals surface area contributed by atoms with Crippen molar-refractivity contribution in [3.05, 3.63) is 70.7 Å². The molecule has 3 rings (SSSR count). The Labute approximate surface area is 123 Å². The zero-order valence-corrected chi connectivity index (χ0v) is 11.8. The number of halogens is 1. The Hall–Kier alpha value is -1.80. The van der Waals surface area contributed by atoms with Crippen molar-refractivity contribution in [1.82, 2.24) is 5.32 Å². The minimum Gasteiger partial charge on any atom is -0.356 e. The molecule has 0 radical (unpaired) electrons. The number of carbonyl (C=O) groups is 1. The highest BCUT2D eigenvalue weighted by Gasteiger charge is 2.33. The highest BCUT2D eigenvalue weighted by molar-refractivity contribution is 6.30. The molecule has 1 saturated heterocycles. The fourth-order valence-electron chi connectivity index (χ4n) is 2.92. The first kappa shape index (κ1) is 13.2. The summed E-state index contributed by atoms with van der Waals surface area (Å²) < 4.78 is 0. The second kappa shape index (κ2) is 5.68. The lowest BCUT2D eigenvalue weighted by atomic mass is 9.77. The maximum atomic E-state index is 12.3. The summed E-state index contributed by atoms with van der Waals surface area (Å²) in [6.07, 6.45) is 0.961. The summed E-state index contributed by atoms with van der Waals surface area (Å²) in [7, 11) is 0. The van der Waals surface area contributed by atoms with Crippen molar-refractivity contribution < 1.29 is 4.79 Å². The molecule has 0 aliphatic carbocycles. The summed E-state index contributed by atoms with van der Waals surface area (Å²) in [5, 5.41) is 3.67. The highest BCUT2D eigenvalue weighted by atomic mass is 35.5. The van der Waals surface area contributed by atoms with E-state index in [1.165, 1.54) is 5.56 Å². The van der Waals surface area contributed by atoms with Gasteiger partial charge in [0, 0.05) is 17.5 Å². The Morgan fingerprint density at radius 2 is 1.65 bits per heavy atom. The van der Waals surface area contributed by atoms with E-state index in [4.69, 9.17) is 11.6 Å². The van der Waals surface area contributed by atoms with Crippen LogP contribution in [0.4, 0.5) is 0 Å². The second-order valence-corrected chi connectivity index (χ2v) is 5.56. The van der Waals surface area contributed by atoms with Crippen molar-refractivity contribution in [3.63, 3.8) is 0 Å². The summed E-state index contributed by atoms with van der Waals surface area (Å²) in [4.78, 5) is 12.3. The average molecular weight is 286 g/mol. The SMILES string of the molecule is O=C1NCC[C@@H](c2ccccc2)[C@@H]1c1ccc(Cl)cc1. The average Bonchev–Trinajstić information content (AvgIpc) is 2.49. The summed E-state index contributed by atoms with van der Waals surface area (Å²) in [5.74, 6) is 0.196. The quantitative estimate of drug-likeness (QED) is 0.895. The molecule has 1 amide bonds. The number of amides is 1. The number of benzene rings is 2. The molecule has 102 valence electrons. The fourth-order valence-corrected chi connectivity index (χ4v) is 3.05. The third-order valence-electron chi connectivity index (χ3n) is 3.90. The Kier molecular flexibility index (Phi) is 3.75. The summed E-state index contributed by atoms with van der Waals surface area (Å²) in [6, 6.07) is 17.9. The van der Waals surface area contributed by atoms with E-state index in [0.29, 0.717) is 5.02 Å². The Bertz CT molecular complexity index is 594. The molecule has 1 N–H and O–H groups in total. The second-order valence-electron chi connectivity index (χ2n) is 5.13. The maximum Gasteiger partial charge on any atom is 0.228 e. The van der Waals surface area contributed by atoms with Crippen molar-refractivity contribution in [2.45, 2.75) is 18.3 Å². The maximum absolute atomic E-state index is 12.3. The lowest BCUT2D eigenvalue weighted by Gasteiger charge is -2.31. The van der Waals surface area contributed by atoms with E-state index in [9.17, 15) is 4.79 Å². The van der Waals surface area contributed by atoms with Gasteiger partial charge < -0.3 is 5.32 Å². The predicted molar refractivity (Wildman–Crippen MR) is 81.0 cm³/mol. The molecular formula is C17H16ClNO. The molecule has 2 aromatic rings. The van der Waals surface area contributed by atoms with Crippen molar-refractivity contribution >= 4 is 17.5 Å². The van der Waals surface area contributed by atoms with Gasteiger partial charge in [-0.3, -0.25) is 4.79 Å². The van der Waals surface area contributed by atoms with E-state index < -0.39 is 0 Å². The van der Waals surface area contributed by atoms with Gasteiger partial charge >= 0.3 is 0 Å². The molecule has 0 spiro atoms. The number of carbonyl (C=O) groups excluding carboxylic acids is 1. The van der Waals surface area contributed by atoms with Crippen LogP contribution in [0.5, 0.6) is 0 Å². The van der Waals surface area contributed by atoms with Crippen molar-refractivity contribution in [3.8, 4) is 0 Å². The third-order valence-corrected chi connectivity index (χ3v) is 4.15. The number of nitrogens with one attached hydrogen (secondary N) is 1. The van der Waals surface area contributed by atoms with Crippen LogP contribution in [-0.2, 0) is 4.79 Å². The number of piperidine rings is 1. The largest absolute Gasteiger partial charge is 0.356 e. The zero-order chi connectivity index (χ0) is 13.9. The smallest absolute Gasteiger partial charge is 0.228 e. The van der Waals surface area contributed by atoms with Gasteiger partial charge in [0.1, 0.15) is 0 Å². The van der Waals surface area contributed by atoms with Crippen LogP contribution in [0, 0.1) is 0 Å². The van der Waals surface area contributed by atoms with Gasteiger partial charge in [-0.15, -0.1) is 0 Å². The van der Waals surface area contributed by atoms with E-state index >= 15 is 0 Å². The zero-order valence-electron chi connectivity index (χ0n) is 11.1. The molecule has 1 fully saturated rings. The number of hydrogen-bond donors (Lipinski definition) is 1. The molecule has 1 heterocycles. The first-order chi connectivity index (χ1) is 9.75. The van der Waals surface area contributed by atoms with Gasteiger partial charge in [0.2, 0.25) is 5.91 Å². The van der Waals surface area contributed by atoms with Gasteiger partial charge in [0.05, 0.1) is 5.92 Å². The van der Waals surface area contributed by atoms with E-state index in [-0.39, 0.29) is 17.7 Å². The van der Waals surface area contributed by atoms with Crippen LogP contribution in [0.3, 0.4) is 0 Å². The van der Waals surface area contributed by atoms with E-state index in [2.05, 4.69) is 17.4 Å². The van der Waals surface area contributed by atoms with Gasteiger partial charge in [-0.25, -0.2) is 0 Å². The standard InChI is InChI=1S/C17H16ClNO/c18-14-8-6-13(7-9-14)16-15(10-11-19-17(16)20)12-4-2-1-3-5-12/h1-9,15-16H,10-11H2,(H,19,20)/t15-,16-/m0/s1. The Balaban J connectivity index is 1.99. The fraction of sp³-hybridized carbons (Fsp3) is 0.235. The van der Waals surface area contributed by atoms with Gasteiger partial charge in [-0.05, 0) is 29.7 Å². The molecule has 0 aromatic heterocycles. The molecule has 2 nitrogen and oxygen atoms in total. The summed E-state index contributed by atoms with van der Waals surface area (Å²) in [5.41, 5.74) is 2.25. The molecule has 0 saturated carbocycles. The van der Waals surface area contributed by atoms with Gasteiger partial charge in [-0.1, -0.05) is 54.1 Å². The van der Waals surface area contributed by atoms with E-state index in [1.807, 2.05) is 42.5 Å². The van der Waals surface area contributed by atoms with Gasteiger partial charge in [0.25, 0.3) is 0 Å². The Morgan fingerprint density at radius 3 is 2.35 bits per heavy atom. The van der Waals surface area contributed by atoms with Crippen LogP contribution >= 0.6 is 11.6 Å². The van der Waals surface area contributed by atoms with Crippen LogP contribution in [0.1, 0.15) is 29.4 Å². The van der Waals surface area contributed by atoms with Crippen LogP contribution in [0.15, 0.2) is 54.6 Å². The normalized spacial score (nSPS) is 22.4. The molecule has 20 heavy (non-hydrogen) atoms. The first-order valence-electron chi connectivity index (χ1n) is 6.84. The monoisotopic (exact) mass is 285 g/mol. The van der Waals surface area contributed by atoms with Crippen LogP contribution in [-0.4, -0.2) is 12.5 Å². The lowest BCUT2D eigenvalue weighted by molar-refractivity contribution is -0.124. The predicted octanol–water partition coefficient (Wildman–Crippen LogP) is 3.73. The van der Waals surface area contributed by atoms with E-state index in [1.54, 1.807) is 0 Å². The molecule has 0 bridgehead atoms. The molecule has 2 aromatic carbocycles. The van der Waals surface area contributed by atoms with Gasteiger partial charge in [0.15, 0.2) is 0 Å². The minimum absolute atomic E-state index is 0.104. The summed E-state index contributed by atoms with van der Waals surface area (Å²) in [6.45, 7) is 0.739. The van der Waals surface area contributed by atoms with Crippen molar-refractivity contribution in [2.24, 2.45) is 0 Å². The number of rotatable bonds is 2. The third kappa shape index (κ3) is 2.56. The topological polar surface area (TPSA) is 29.1 Å². The van der Waals surface area contributed by atoms with Crippen molar-refractivity contribution in [1.29, 1.82) is 0 Å². The Morgan fingerprint density at radius 1 is 0.950 bits per heavy atom. The highest BCUT2D eigenvalue weighted by Crippen LogP contribution is 2.38. The molecule has 1 aliphatic heterocycles. The molecule has 0 unspecified atom stereocenters.